The topological polar surface area (TPSA) is 58.6 Å². The molecule has 1 fully saturated rings. The maximum atomic E-state index is 11.4. The van der Waals surface area contributed by atoms with Crippen LogP contribution < -0.4 is 5.32 Å². The minimum Gasteiger partial charge on any atom is -0.444 e. The summed E-state index contributed by atoms with van der Waals surface area (Å²) in [6.45, 7) is 7.72. The summed E-state index contributed by atoms with van der Waals surface area (Å²) in [4.78, 5) is 23.7. The van der Waals surface area contributed by atoms with E-state index in [-0.39, 0.29) is 6.09 Å². The lowest BCUT2D eigenvalue weighted by Gasteiger charge is -2.29. The molecule has 1 aliphatic rings. The molecule has 1 heterocycles. The van der Waals surface area contributed by atoms with Crippen LogP contribution in [0.3, 0.4) is 0 Å². The van der Waals surface area contributed by atoms with E-state index in [1.54, 1.807) is 4.90 Å². The zero-order valence-electron chi connectivity index (χ0n) is 10.9. The highest BCUT2D eigenvalue weighted by molar-refractivity contribution is 5.67. The predicted molar refractivity (Wildman–Crippen MR) is 64.6 cm³/mol. The van der Waals surface area contributed by atoms with Crippen molar-refractivity contribution < 1.29 is 14.3 Å². The van der Waals surface area contributed by atoms with Crippen LogP contribution in [0.5, 0.6) is 0 Å². The molecule has 0 radical (unpaired) electrons. The van der Waals surface area contributed by atoms with E-state index in [1.165, 1.54) is 0 Å². The lowest BCUT2D eigenvalue weighted by atomic mass is 9.97. The number of rotatable bonds is 3. The average Bonchev–Trinajstić information content (AvgIpc) is 2.25. The Bertz CT molecular complexity index is 265. The monoisotopic (exact) mass is 242 g/mol. The zero-order chi connectivity index (χ0) is 12.9. The highest BCUT2D eigenvalue weighted by Crippen LogP contribution is 2.15. The van der Waals surface area contributed by atoms with Crippen molar-refractivity contribution in [3.05, 3.63) is 0 Å². The van der Waals surface area contributed by atoms with Gasteiger partial charge in [-0.3, -0.25) is 4.79 Å². The second-order valence-corrected chi connectivity index (χ2v) is 5.47. The van der Waals surface area contributed by atoms with E-state index < -0.39 is 5.60 Å². The minimum absolute atomic E-state index is 0.365. The van der Waals surface area contributed by atoms with Gasteiger partial charge in [-0.05, 0) is 39.5 Å². The maximum absolute atomic E-state index is 11.4. The van der Waals surface area contributed by atoms with E-state index >= 15 is 0 Å². The summed E-state index contributed by atoms with van der Waals surface area (Å²) >= 11 is 0. The fraction of sp³-hybridized carbons (Fsp3) is 0.833. The van der Waals surface area contributed by atoms with Gasteiger partial charge in [0.25, 0.3) is 0 Å². The van der Waals surface area contributed by atoms with Crippen LogP contribution in [0.1, 0.15) is 33.6 Å². The van der Waals surface area contributed by atoms with Gasteiger partial charge in [0.1, 0.15) is 5.60 Å². The first-order valence-electron chi connectivity index (χ1n) is 6.07. The number of alkyl carbamates (subject to hydrolysis) is 1. The molecule has 0 spiro atoms. The summed E-state index contributed by atoms with van der Waals surface area (Å²) in [6, 6.07) is 0. The van der Waals surface area contributed by atoms with Crippen molar-refractivity contribution >= 4 is 12.5 Å². The Morgan fingerprint density at radius 1 is 1.41 bits per heavy atom. The van der Waals surface area contributed by atoms with Crippen LogP contribution in [-0.4, -0.2) is 42.6 Å². The third-order valence-electron chi connectivity index (χ3n) is 2.73. The van der Waals surface area contributed by atoms with Gasteiger partial charge in [0.05, 0.1) is 0 Å². The third kappa shape index (κ3) is 5.56. The molecule has 0 saturated carbocycles. The van der Waals surface area contributed by atoms with Crippen molar-refractivity contribution in [2.24, 2.45) is 5.92 Å². The van der Waals surface area contributed by atoms with Gasteiger partial charge < -0.3 is 15.0 Å². The molecule has 1 rings (SSSR count). The van der Waals surface area contributed by atoms with E-state index in [1.807, 2.05) is 20.8 Å². The molecule has 0 unspecified atom stereocenters. The van der Waals surface area contributed by atoms with Crippen LogP contribution >= 0.6 is 0 Å². The molecule has 98 valence electrons. The minimum atomic E-state index is -0.453. The van der Waals surface area contributed by atoms with E-state index in [0.29, 0.717) is 12.5 Å². The van der Waals surface area contributed by atoms with Crippen molar-refractivity contribution in [1.82, 2.24) is 10.2 Å². The Morgan fingerprint density at radius 2 is 2.00 bits per heavy atom. The van der Waals surface area contributed by atoms with Crippen LogP contribution in [0.25, 0.3) is 0 Å². The number of ether oxygens (including phenoxy) is 1. The number of nitrogens with zero attached hydrogens (tertiary/aromatic N) is 1. The second-order valence-electron chi connectivity index (χ2n) is 5.47. The summed E-state index contributed by atoms with van der Waals surface area (Å²) in [5.41, 5.74) is -0.453. The Balaban J connectivity index is 2.19. The number of hydrogen-bond acceptors (Lipinski definition) is 3. The summed E-state index contributed by atoms with van der Waals surface area (Å²) in [5, 5.41) is 2.77. The van der Waals surface area contributed by atoms with Gasteiger partial charge in [-0.2, -0.15) is 0 Å². The van der Waals surface area contributed by atoms with Gasteiger partial charge >= 0.3 is 6.09 Å². The number of hydrogen-bond donors (Lipinski definition) is 1. The van der Waals surface area contributed by atoms with Crippen LogP contribution in [0, 0.1) is 5.92 Å². The van der Waals surface area contributed by atoms with Gasteiger partial charge in [0.15, 0.2) is 0 Å². The van der Waals surface area contributed by atoms with E-state index in [9.17, 15) is 9.59 Å². The normalized spacial score (nSPS) is 17.7. The summed E-state index contributed by atoms with van der Waals surface area (Å²) in [6.07, 6.45) is 2.40. The molecule has 0 aromatic carbocycles. The lowest BCUT2D eigenvalue weighted by molar-refractivity contribution is -0.119. The van der Waals surface area contributed by atoms with Crippen LogP contribution in [-0.2, 0) is 9.53 Å². The largest absolute Gasteiger partial charge is 0.444 e. The Hall–Kier alpha value is -1.26. The molecule has 0 aliphatic carbocycles. The molecule has 1 N–H and O–H groups in total. The molecule has 1 saturated heterocycles. The predicted octanol–water partition coefficient (Wildman–Crippen LogP) is 1.38. The molecular weight excluding hydrogens is 220 g/mol. The highest BCUT2D eigenvalue weighted by atomic mass is 16.6. The molecule has 0 atom stereocenters. The number of carbonyl (C=O) groups excluding carboxylic acids is 2. The first-order chi connectivity index (χ1) is 7.90. The molecule has 0 aromatic heterocycles. The Labute approximate surface area is 102 Å². The summed E-state index contributed by atoms with van der Waals surface area (Å²) < 4.78 is 5.15. The van der Waals surface area contributed by atoms with Gasteiger partial charge in [0.2, 0.25) is 6.41 Å². The van der Waals surface area contributed by atoms with Crippen molar-refractivity contribution in [3.8, 4) is 0 Å². The maximum Gasteiger partial charge on any atom is 0.407 e. The average molecular weight is 242 g/mol. The third-order valence-corrected chi connectivity index (χ3v) is 2.73. The standard InChI is InChI=1S/C12H22N2O3/c1-12(2,3)17-11(16)13-8-10-4-6-14(9-15)7-5-10/h9-10H,4-8H2,1-3H3,(H,13,16). The molecule has 5 heteroatoms. The molecule has 17 heavy (non-hydrogen) atoms. The Morgan fingerprint density at radius 3 is 2.47 bits per heavy atom. The second kappa shape index (κ2) is 5.89. The van der Waals surface area contributed by atoms with Gasteiger partial charge in [-0.25, -0.2) is 4.79 Å². The number of carbonyl (C=O) groups is 2. The van der Waals surface area contributed by atoms with Crippen molar-refractivity contribution in [2.45, 2.75) is 39.2 Å². The van der Waals surface area contributed by atoms with E-state index in [0.717, 1.165) is 32.3 Å². The number of nitrogens with one attached hydrogen (secondary N) is 1. The van der Waals surface area contributed by atoms with Gasteiger partial charge in [-0.15, -0.1) is 0 Å². The highest BCUT2D eigenvalue weighted by Gasteiger charge is 2.20. The molecule has 2 amide bonds. The van der Waals surface area contributed by atoms with Crippen LogP contribution in [0.4, 0.5) is 4.79 Å². The fourth-order valence-corrected chi connectivity index (χ4v) is 1.80. The first kappa shape index (κ1) is 13.8. The van der Waals surface area contributed by atoms with Gasteiger partial charge in [0, 0.05) is 19.6 Å². The zero-order valence-corrected chi connectivity index (χ0v) is 10.9. The van der Waals surface area contributed by atoms with Gasteiger partial charge in [-0.1, -0.05) is 0 Å². The Kier molecular flexibility index (Phi) is 4.78. The quantitative estimate of drug-likeness (QED) is 0.761. The molecule has 0 aromatic rings. The summed E-state index contributed by atoms with van der Waals surface area (Å²) in [7, 11) is 0. The smallest absolute Gasteiger partial charge is 0.407 e. The molecule has 1 aliphatic heterocycles. The molecular formula is C12H22N2O3. The summed E-state index contributed by atoms with van der Waals surface area (Å²) in [5.74, 6) is 0.443. The van der Waals surface area contributed by atoms with Crippen molar-refractivity contribution in [1.29, 1.82) is 0 Å². The van der Waals surface area contributed by atoms with E-state index in [4.69, 9.17) is 4.74 Å². The SMILES string of the molecule is CC(C)(C)OC(=O)NCC1CCN(C=O)CC1. The first-order valence-corrected chi connectivity index (χ1v) is 6.07. The molecule has 0 bridgehead atoms. The number of amides is 2. The van der Waals surface area contributed by atoms with Crippen molar-refractivity contribution in [3.63, 3.8) is 0 Å². The van der Waals surface area contributed by atoms with Crippen LogP contribution in [0.15, 0.2) is 0 Å². The van der Waals surface area contributed by atoms with E-state index in [2.05, 4.69) is 5.32 Å². The fourth-order valence-electron chi connectivity index (χ4n) is 1.80. The van der Waals surface area contributed by atoms with Crippen molar-refractivity contribution in [2.75, 3.05) is 19.6 Å². The number of likely N-dealkylation sites (tertiary alicyclic amines) is 1. The molecule has 5 nitrogen and oxygen atoms in total. The van der Waals surface area contributed by atoms with Crippen LogP contribution in [0.2, 0.25) is 0 Å². The number of piperidine rings is 1. The lowest BCUT2D eigenvalue weighted by Crippen LogP contribution is -2.39.